The molecule has 154 valence electrons. The summed E-state index contributed by atoms with van der Waals surface area (Å²) >= 11 is 0. The monoisotopic (exact) mass is 407 g/mol. The predicted molar refractivity (Wildman–Crippen MR) is 101 cm³/mol. The lowest BCUT2D eigenvalue weighted by Crippen LogP contribution is -2.41. The number of pyridine rings is 1. The van der Waals surface area contributed by atoms with E-state index in [2.05, 4.69) is 37.5 Å². The van der Waals surface area contributed by atoms with E-state index in [4.69, 9.17) is 4.74 Å². The molecule has 4 rings (SSSR count). The third-order valence-electron chi connectivity index (χ3n) is 4.93. The van der Waals surface area contributed by atoms with Gasteiger partial charge in [0.1, 0.15) is 11.2 Å². The van der Waals surface area contributed by atoms with Crippen molar-refractivity contribution in [1.29, 1.82) is 0 Å². The first-order valence-corrected chi connectivity index (χ1v) is 9.09. The van der Waals surface area contributed by atoms with Gasteiger partial charge in [-0.15, -0.1) is 0 Å². The topological polar surface area (TPSA) is 89.8 Å². The molecule has 0 atom stereocenters. The Balaban J connectivity index is 1.59. The van der Waals surface area contributed by atoms with E-state index in [1.165, 1.54) is 6.07 Å². The van der Waals surface area contributed by atoms with Crippen molar-refractivity contribution in [2.75, 3.05) is 23.8 Å². The molecule has 11 heteroatoms. The van der Waals surface area contributed by atoms with Crippen LogP contribution >= 0.6 is 0 Å². The fourth-order valence-corrected chi connectivity index (χ4v) is 3.16. The van der Waals surface area contributed by atoms with Crippen molar-refractivity contribution >= 4 is 28.7 Å². The molecule has 1 fully saturated rings. The number of anilines is 3. The van der Waals surface area contributed by atoms with E-state index < -0.39 is 11.9 Å². The molecule has 0 radical (unpaired) electrons. The van der Waals surface area contributed by atoms with Crippen LogP contribution in [0.25, 0.3) is 11.2 Å². The lowest BCUT2D eigenvalue weighted by molar-refractivity contribution is -0.141. The number of nitrogens with zero attached hydrogens (tertiary/aromatic N) is 5. The summed E-state index contributed by atoms with van der Waals surface area (Å²) in [5.74, 6) is 0.822. The van der Waals surface area contributed by atoms with E-state index in [0.29, 0.717) is 36.3 Å². The molecule has 0 aliphatic carbocycles. The van der Waals surface area contributed by atoms with Crippen molar-refractivity contribution in [1.82, 2.24) is 24.5 Å². The lowest BCUT2D eigenvalue weighted by atomic mass is 9.93. The quantitative estimate of drug-likeness (QED) is 0.684. The summed E-state index contributed by atoms with van der Waals surface area (Å²) in [7, 11) is 1.73. The number of aryl methyl sites for hydroxylation is 1. The summed E-state index contributed by atoms with van der Waals surface area (Å²) < 4.78 is 45.7. The van der Waals surface area contributed by atoms with Crippen molar-refractivity contribution in [2.45, 2.75) is 31.5 Å². The molecule has 2 N–H and O–H groups in total. The number of alkyl halides is 3. The number of rotatable bonds is 4. The minimum atomic E-state index is -4.52. The Kier molecular flexibility index (Phi) is 4.77. The zero-order chi connectivity index (χ0) is 20.6. The van der Waals surface area contributed by atoms with Crippen LogP contribution in [0.15, 0.2) is 24.5 Å². The van der Waals surface area contributed by atoms with Gasteiger partial charge < -0.3 is 15.4 Å². The highest BCUT2D eigenvalue weighted by Gasteiger charge is 2.32. The van der Waals surface area contributed by atoms with Crippen LogP contribution in [0.4, 0.5) is 30.8 Å². The molecule has 0 amide bonds. The van der Waals surface area contributed by atoms with Crippen molar-refractivity contribution in [3.05, 3.63) is 30.2 Å². The Bertz CT molecular complexity index is 1030. The van der Waals surface area contributed by atoms with Gasteiger partial charge in [0.25, 0.3) is 0 Å². The zero-order valence-corrected chi connectivity index (χ0v) is 15.9. The molecule has 3 aromatic heterocycles. The van der Waals surface area contributed by atoms with Crippen LogP contribution in [-0.4, -0.2) is 43.3 Å². The fourth-order valence-electron chi connectivity index (χ4n) is 3.16. The van der Waals surface area contributed by atoms with Gasteiger partial charge in [0.15, 0.2) is 5.65 Å². The minimum Gasteiger partial charge on any atom is -0.381 e. The smallest absolute Gasteiger partial charge is 0.381 e. The summed E-state index contributed by atoms with van der Waals surface area (Å²) in [4.78, 5) is 16.6. The number of nitrogens with one attached hydrogen (secondary N) is 2. The highest BCUT2D eigenvalue weighted by molar-refractivity contribution is 5.76. The molecule has 0 aromatic carbocycles. The van der Waals surface area contributed by atoms with Gasteiger partial charge >= 0.3 is 6.18 Å². The molecule has 1 saturated heterocycles. The summed E-state index contributed by atoms with van der Waals surface area (Å²) in [6.45, 7) is 3.45. The van der Waals surface area contributed by atoms with Crippen LogP contribution in [0.3, 0.4) is 0 Å². The summed E-state index contributed by atoms with van der Waals surface area (Å²) in [6, 6.07) is 2.38. The molecule has 3 aromatic rings. The Labute approximate surface area is 164 Å². The van der Waals surface area contributed by atoms with Crippen molar-refractivity contribution in [3.63, 3.8) is 0 Å². The predicted octanol–water partition coefficient (Wildman–Crippen LogP) is 3.50. The molecule has 1 aliphatic rings. The maximum Gasteiger partial charge on any atom is 0.433 e. The number of imidazole rings is 1. The lowest BCUT2D eigenvalue weighted by Gasteiger charge is -2.34. The molecule has 4 heterocycles. The van der Waals surface area contributed by atoms with Crippen molar-refractivity contribution in [2.24, 2.45) is 7.05 Å². The van der Waals surface area contributed by atoms with Crippen LogP contribution in [-0.2, 0) is 18.0 Å². The van der Waals surface area contributed by atoms with Crippen LogP contribution in [0.5, 0.6) is 0 Å². The third kappa shape index (κ3) is 4.09. The molecule has 0 bridgehead atoms. The van der Waals surface area contributed by atoms with E-state index >= 15 is 0 Å². The average Bonchev–Trinajstić information content (AvgIpc) is 2.97. The number of hydrogen-bond acceptors (Lipinski definition) is 7. The molecule has 8 nitrogen and oxygen atoms in total. The molecule has 0 spiro atoms. The van der Waals surface area contributed by atoms with E-state index in [9.17, 15) is 13.2 Å². The average molecular weight is 407 g/mol. The van der Waals surface area contributed by atoms with Crippen LogP contribution in [0, 0.1) is 0 Å². The first-order valence-electron chi connectivity index (χ1n) is 9.09. The third-order valence-corrected chi connectivity index (χ3v) is 4.93. The van der Waals surface area contributed by atoms with Gasteiger partial charge in [0.05, 0.1) is 6.20 Å². The number of fused-ring (bicyclic) bond motifs is 1. The fraction of sp³-hybridized carbons (Fsp3) is 0.444. The molecule has 0 saturated carbocycles. The van der Waals surface area contributed by atoms with Gasteiger partial charge in [-0.2, -0.15) is 18.2 Å². The molecular formula is C18H20F3N7O. The maximum absolute atomic E-state index is 12.9. The van der Waals surface area contributed by atoms with Crippen LogP contribution in [0.1, 0.15) is 25.5 Å². The number of halogens is 3. The summed E-state index contributed by atoms with van der Waals surface area (Å²) in [5.41, 5.74) is 0.189. The highest BCUT2D eigenvalue weighted by atomic mass is 19.4. The van der Waals surface area contributed by atoms with Gasteiger partial charge in [-0.1, -0.05) is 0 Å². The van der Waals surface area contributed by atoms with E-state index in [1.54, 1.807) is 17.8 Å². The number of hydrogen-bond donors (Lipinski definition) is 2. The first-order chi connectivity index (χ1) is 13.7. The molecular weight excluding hydrogens is 387 g/mol. The Morgan fingerprint density at radius 2 is 1.93 bits per heavy atom. The second-order valence-electron chi connectivity index (χ2n) is 7.25. The van der Waals surface area contributed by atoms with Crippen molar-refractivity contribution < 1.29 is 17.9 Å². The van der Waals surface area contributed by atoms with Gasteiger partial charge in [-0.05, 0) is 31.9 Å². The summed E-state index contributed by atoms with van der Waals surface area (Å²) in [5, 5.41) is 6.25. The summed E-state index contributed by atoms with van der Waals surface area (Å²) in [6.07, 6.45) is -0.140. The minimum absolute atomic E-state index is 0.156. The Hall–Kier alpha value is -2.95. The highest BCUT2D eigenvalue weighted by Crippen LogP contribution is 2.30. The van der Waals surface area contributed by atoms with E-state index in [1.807, 2.05) is 0 Å². The van der Waals surface area contributed by atoms with Gasteiger partial charge in [0.2, 0.25) is 11.9 Å². The molecule has 1 aliphatic heterocycles. The normalized spacial score (nSPS) is 16.7. The SMILES string of the molecule is Cn1c(Nc2ccnc(C(F)(F)F)c2)nc2cnc(NC3(C)CCOCC3)nc21. The maximum atomic E-state index is 12.9. The van der Waals surface area contributed by atoms with Crippen LogP contribution in [0.2, 0.25) is 0 Å². The van der Waals surface area contributed by atoms with E-state index in [0.717, 1.165) is 25.1 Å². The number of aromatic nitrogens is 5. The standard InChI is InChI=1S/C18H20F3N7O/c1-17(4-7-29-8-5-17)27-15-23-10-12-14(26-15)28(2)16(25-12)24-11-3-6-22-13(9-11)18(19,20)21/h3,6,9-10H,4-5,7-8H2,1-2H3,(H,22,24,25)(H,23,26,27). The number of ether oxygens (including phenoxy) is 1. The van der Waals surface area contributed by atoms with E-state index in [-0.39, 0.29) is 11.2 Å². The molecule has 29 heavy (non-hydrogen) atoms. The largest absolute Gasteiger partial charge is 0.433 e. The first kappa shape index (κ1) is 19.4. The van der Waals surface area contributed by atoms with Crippen molar-refractivity contribution in [3.8, 4) is 0 Å². The second-order valence-corrected chi connectivity index (χ2v) is 7.25. The Morgan fingerprint density at radius 1 is 1.17 bits per heavy atom. The zero-order valence-electron chi connectivity index (χ0n) is 15.9. The van der Waals surface area contributed by atoms with Gasteiger partial charge in [-0.25, -0.2) is 9.97 Å². The van der Waals surface area contributed by atoms with Gasteiger partial charge in [-0.3, -0.25) is 9.55 Å². The van der Waals surface area contributed by atoms with Crippen LogP contribution < -0.4 is 10.6 Å². The second kappa shape index (κ2) is 7.14. The Morgan fingerprint density at radius 3 is 2.66 bits per heavy atom. The van der Waals surface area contributed by atoms with Gasteiger partial charge in [0, 0.05) is 37.7 Å². The molecule has 0 unspecified atom stereocenters.